The Bertz CT molecular complexity index is 1130. The first-order valence-corrected chi connectivity index (χ1v) is 7.20. The molecular formula is C17H11N7. The first-order valence-electron chi connectivity index (χ1n) is 7.20. The molecule has 7 heteroatoms. The van der Waals surface area contributed by atoms with Gasteiger partial charge in [-0.3, -0.25) is 0 Å². The van der Waals surface area contributed by atoms with E-state index in [1.165, 1.54) is 0 Å². The molecule has 1 aromatic heterocycles. The number of hydrogen-bond acceptors (Lipinski definition) is 6. The summed E-state index contributed by atoms with van der Waals surface area (Å²) in [6.07, 6.45) is 0. The summed E-state index contributed by atoms with van der Waals surface area (Å²) in [6, 6.07) is 16.8. The minimum atomic E-state index is 0.467. The summed E-state index contributed by atoms with van der Waals surface area (Å²) in [5.41, 5.74) is 9.42. The van der Waals surface area contributed by atoms with Crippen LogP contribution in [0.15, 0.2) is 58.8 Å². The lowest BCUT2D eigenvalue weighted by Crippen LogP contribution is -1.86. The van der Waals surface area contributed by atoms with Gasteiger partial charge >= 0.3 is 0 Å². The Hall–Kier alpha value is -3.79. The molecule has 24 heavy (non-hydrogen) atoms. The van der Waals surface area contributed by atoms with E-state index in [0.717, 1.165) is 10.8 Å². The molecule has 0 spiro atoms. The molecule has 0 saturated carbocycles. The van der Waals surface area contributed by atoms with Gasteiger partial charge in [0.05, 0.1) is 23.0 Å². The second-order valence-corrected chi connectivity index (χ2v) is 5.18. The fraction of sp³-hybridized carbons (Fsp3) is 0. The zero-order valence-corrected chi connectivity index (χ0v) is 12.4. The molecule has 114 valence electrons. The van der Waals surface area contributed by atoms with E-state index in [1.807, 2.05) is 24.3 Å². The fourth-order valence-corrected chi connectivity index (χ4v) is 2.59. The molecular weight excluding hydrogens is 302 g/mol. The molecule has 1 heterocycles. The minimum absolute atomic E-state index is 0.467. The van der Waals surface area contributed by atoms with Crippen molar-refractivity contribution in [2.24, 2.45) is 10.2 Å². The lowest BCUT2D eigenvalue weighted by Gasteiger charge is -2.03. The van der Waals surface area contributed by atoms with Crippen molar-refractivity contribution in [2.45, 2.75) is 0 Å². The maximum atomic E-state index is 9.23. The summed E-state index contributed by atoms with van der Waals surface area (Å²) < 4.78 is 0. The Balaban J connectivity index is 1.88. The highest BCUT2D eigenvalue weighted by Gasteiger charge is 2.09. The monoisotopic (exact) mass is 313 g/mol. The molecule has 0 aliphatic rings. The first-order chi connectivity index (χ1) is 11.8. The molecule has 0 unspecified atom stereocenters. The third-order valence-electron chi connectivity index (χ3n) is 3.77. The first kappa shape index (κ1) is 13.8. The molecule has 4 aromatic rings. The van der Waals surface area contributed by atoms with Crippen LogP contribution < -0.4 is 5.73 Å². The molecule has 0 amide bonds. The van der Waals surface area contributed by atoms with E-state index in [-0.39, 0.29) is 0 Å². The number of benzene rings is 3. The molecule has 3 aromatic carbocycles. The summed E-state index contributed by atoms with van der Waals surface area (Å²) in [6.45, 7) is 0. The van der Waals surface area contributed by atoms with Crippen LogP contribution in [0.4, 0.5) is 17.1 Å². The van der Waals surface area contributed by atoms with E-state index in [1.54, 1.807) is 24.3 Å². The second kappa shape index (κ2) is 5.44. The zero-order valence-electron chi connectivity index (χ0n) is 12.4. The number of H-pyrrole nitrogens is 1. The summed E-state index contributed by atoms with van der Waals surface area (Å²) in [5, 5.41) is 30.2. The molecule has 0 bridgehead atoms. The molecule has 0 fully saturated rings. The van der Waals surface area contributed by atoms with Gasteiger partial charge in [-0.15, -0.1) is 10.2 Å². The maximum Gasteiger partial charge on any atom is 0.142 e. The number of nitrogens with two attached hydrogens (primary N) is 1. The van der Waals surface area contributed by atoms with Crippen LogP contribution in [0.25, 0.3) is 21.8 Å². The van der Waals surface area contributed by atoms with Gasteiger partial charge in [-0.2, -0.15) is 20.7 Å². The van der Waals surface area contributed by atoms with Crippen LogP contribution in [0.3, 0.4) is 0 Å². The molecule has 4 rings (SSSR count). The standard InChI is InChI=1S/C17H11N7/c18-9-10-5-7-14(12-4-2-1-3-11(10)12)20-22-16-13(19)6-8-15-17(16)23-24-21-15/h1-8H,19H2,(H,21,23,24). The largest absolute Gasteiger partial charge is 0.397 e. The van der Waals surface area contributed by atoms with Crippen molar-refractivity contribution in [3.8, 4) is 6.07 Å². The van der Waals surface area contributed by atoms with E-state index in [2.05, 4.69) is 31.7 Å². The van der Waals surface area contributed by atoms with Crippen LogP contribution in [-0.2, 0) is 0 Å². The number of fused-ring (bicyclic) bond motifs is 2. The Morgan fingerprint density at radius 1 is 0.958 bits per heavy atom. The van der Waals surface area contributed by atoms with Crippen molar-refractivity contribution in [1.82, 2.24) is 15.4 Å². The number of nitrogens with zero attached hydrogens (tertiary/aromatic N) is 5. The third-order valence-corrected chi connectivity index (χ3v) is 3.77. The SMILES string of the molecule is N#Cc1ccc(N=Nc2c(N)ccc3n[nH]nc23)c2ccccc12. The van der Waals surface area contributed by atoms with Crippen molar-refractivity contribution < 1.29 is 0 Å². The third kappa shape index (κ3) is 2.14. The predicted molar refractivity (Wildman–Crippen MR) is 91.1 cm³/mol. The Kier molecular flexibility index (Phi) is 3.14. The van der Waals surface area contributed by atoms with Crippen LogP contribution in [-0.4, -0.2) is 15.4 Å². The van der Waals surface area contributed by atoms with E-state index < -0.39 is 0 Å². The predicted octanol–water partition coefficient (Wildman–Crippen LogP) is 3.98. The lowest BCUT2D eigenvalue weighted by atomic mass is 10.0. The number of aromatic nitrogens is 3. The molecule has 3 N–H and O–H groups in total. The molecule has 7 nitrogen and oxygen atoms in total. The number of nitriles is 1. The van der Waals surface area contributed by atoms with E-state index in [0.29, 0.717) is 33.7 Å². The number of nitrogen functional groups attached to an aromatic ring is 1. The van der Waals surface area contributed by atoms with Gasteiger partial charge in [0.1, 0.15) is 16.7 Å². The molecule has 0 radical (unpaired) electrons. The van der Waals surface area contributed by atoms with Crippen LogP contribution in [0.2, 0.25) is 0 Å². The van der Waals surface area contributed by atoms with Gasteiger partial charge in [0.25, 0.3) is 0 Å². The van der Waals surface area contributed by atoms with Gasteiger partial charge < -0.3 is 5.73 Å². The average molecular weight is 313 g/mol. The number of aromatic amines is 1. The Morgan fingerprint density at radius 2 is 1.79 bits per heavy atom. The minimum Gasteiger partial charge on any atom is -0.397 e. The van der Waals surface area contributed by atoms with Crippen LogP contribution in [0, 0.1) is 11.3 Å². The normalized spacial score (nSPS) is 11.3. The molecule has 0 aliphatic carbocycles. The van der Waals surface area contributed by atoms with Gasteiger partial charge in [0.15, 0.2) is 0 Å². The number of azo groups is 1. The van der Waals surface area contributed by atoms with Gasteiger partial charge in [0.2, 0.25) is 0 Å². The second-order valence-electron chi connectivity index (χ2n) is 5.18. The number of anilines is 1. The highest BCUT2D eigenvalue weighted by molar-refractivity contribution is 5.96. The smallest absolute Gasteiger partial charge is 0.142 e. The van der Waals surface area contributed by atoms with Crippen molar-refractivity contribution in [1.29, 1.82) is 5.26 Å². The summed E-state index contributed by atoms with van der Waals surface area (Å²) >= 11 is 0. The molecule has 0 aliphatic heterocycles. The van der Waals surface area contributed by atoms with Gasteiger partial charge in [0, 0.05) is 10.8 Å². The van der Waals surface area contributed by atoms with E-state index in [4.69, 9.17) is 5.73 Å². The maximum absolute atomic E-state index is 9.23. The zero-order chi connectivity index (χ0) is 16.5. The topological polar surface area (TPSA) is 116 Å². The summed E-state index contributed by atoms with van der Waals surface area (Å²) in [4.78, 5) is 0. The highest BCUT2D eigenvalue weighted by atomic mass is 15.3. The quantitative estimate of drug-likeness (QED) is 0.430. The van der Waals surface area contributed by atoms with Gasteiger partial charge in [-0.25, -0.2) is 0 Å². The highest BCUT2D eigenvalue weighted by Crippen LogP contribution is 2.33. The van der Waals surface area contributed by atoms with Crippen molar-refractivity contribution in [3.05, 3.63) is 54.1 Å². The summed E-state index contributed by atoms with van der Waals surface area (Å²) in [7, 11) is 0. The number of rotatable bonds is 2. The number of nitrogens with one attached hydrogen (secondary N) is 1. The lowest BCUT2D eigenvalue weighted by molar-refractivity contribution is 0.959. The fourth-order valence-electron chi connectivity index (χ4n) is 2.59. The van der Waals surface area contributed by atoms with E-state index >= 15 is 0 Å². The van der Waals surface area contributed by atoms with Crippen molar-refractivity contribution in [2.75, 3.05) is 5.73 Å². The van der Waals surface area contributed by atoms with Gasteiger partial charge in [-0.05, 0) is 24.3 Å². The van der Waals surface area contributed by atoms with Gasteiger partial charge in [-0.1, -0.05) is 24.3 Å². The van der Waals surface area contributed by atoms with Crippen LogP contribution in [0.1, 0.15) is 5.56 Å². The average Bonchev–Trinajstić information content (AvgIpc) is 3.09. The van der Waals surface area contributed by atoms with Crippen LogP contribution in [0.5, 0.6) is 0 Å². The van der Waals surface area contributed by atoms with E-state index in [9.17, 15) is 5.26 Å². The summed E-state index contributed by atoms with van der Waals surface area (Å²) in [5.74, 6) is 0. The Morgan fingerprint density at radius 3 is 2.62 bits per heavy atom. The molecule has 0 saturated heterocycles. The number of hydrogen-bond donors (Lipinski definition) is 2. The Labute approximate surface area is 136 Å². The van der Waals surface area contributed by atoms with Crippen molar-refractivity contribution in [3.63, 3.8) is 0 Å². The molecule has 0 atom stereocenters. The van der Waals surface area contributed by atoms with Crippen LogP contribution >= 0.6 is 0 Å². The van der Waals surface area contributed by atoms with Crippen molar-refractivity contribution >= 4 is 38.9 Å².